The Bertz CT molecular complexity index is 375. The molecule has 0 spiro atoms. The molecular formula is C14H19BrO. The summed E-state index contributed by atoms with van der Waals surface area (Å²) in [7, 11) is 0. The summed E-state index contributed by atoms with van der Waals surface area (Å²) in [5.74, 6) is 2.31. The van der Waals surface area contributed by atoms with E-state index in [-0.39, 0.29) is 0 Å². The van der Waals surface area contributed by atoms with Crippen molar-refractivity contribution in [2.45, 2.75) is 37.9 Å². The van der Waals surface area contributed by atoms with Crippen molar-refractivity contribution in [1.82, 2.24) is 0 Å². The molecule has 1 aliphatic rings. The summed E-state index contributed by atoms with van der Waals surface area (Å²) >= 11 is 3.79. The van der Waals surface area contributed by atoms with Crippen LogP contribution in [0.25, 0.3) is 0 Å². The zero-order valence-corrected chi connectivity index (χ0v) is 11.8. The highest BCUT2D eigenvalue weighted by atomic mass is 79.9. The van der Waals surface area contributed by atoms with Gasteiger partial charge in [-0.2, -0.15) is 0 Å². The number of ether oxygens (including phenoxy) is 1. The van der Waals surface area contributed by atoms with Crippen molar-refractivity contribution in [3.63, 3.8) is 0 Å². The topological polar surface area (TPSA) is 9.23 Å². The fourth-order valence-corrected chi connectivity index (χ4v) is 3.19. The van der Waals surface area contributed by atoms with Gasteiger partial charge in [0.25, 0.3) is 0 Å². The Labute approximate surface area is 106 Å². The number of hydrogen-bond donors (Lipinski definition) is 0. The maximum Gasteiger partial charge on any atom is 0.119 e. The van der Waals surface area contributed by atoms with Gasteiger partial charge < -0.3 is 4.74 Å². The van der Waals surface area contributed by atoms with Gasteiger partial charge in [-0.1, -0.05) is 42.8 Å². The van der Waals surface area contributed by atoms with Crippen LogP contribution >= 0.6 is 15.9 Å². The van der Waals surface area contributed by atoms with E-state index in [0.29, 0.717) is 16.7 Å². The molecule has 0 radical (unpaired) electrons. The van der Waals surface area contributed by atoms with Crippen LogP contribution in [0.3, 0.4) is 0 Å². The molecule has 0 amide bonds. The number of alkyl halides is 1. The molecule has 0 bridgehead atoms. The van der Waals surface area contributed by atoms with Crippen molar-refractivity contribution in [1.29, 1.82) is 0 Å². The summed E-state index contributed by atoms with van der Waals surface area (Å²) in [6.07, 6.45) is 1.06. The van der Waals surface area contributed by atoms with Gasteiger partial charge >= 0.3 is 0 Å². The van der Waals surface area contributed by atoms with Gasteiger partial charge in [-0.3, -0.25) is 0 Å². The summed E-state index contributed by atoms with van der Waals surface area (Å²) in [4.78, 5) is 0.475. The lowest BCUT2D eigenvalue weighted by atomic mass is 9.97. The van der Waals surface area contributed by atoms with Crippen molar-refractivity contribution < 1.29 is 4.74 Å². The standard InChI is InChI=1S/C14H19BrO/c1-4-7-16-11-5-6-12-9(2)10(3)14(15)13(12)8-11/h5-6,8-10,14H,4,7H2,1-3H3. The highest BCUT2D eigenvalue weighted by Gasteiger charge is 2.33. The number of hydrogen-bond acceptors (Lipinski definition) is 1. The van der Waals surface area contributed by atoms with Crippen LogP contribution in [0.1, 0.15) is 49.1 Å². The highest BCUT2D eigenvalue weighted by molar-refractivity contribution is 9.09. The van der Waals surface area contributed by atoms with E-state index >= 15 is 0 Å². The van der Waals surface area contributed by atoms with E-state index in [2.05, 4.69) is 54.9 Å². The molecule has 1 nitrogen and oxygen atoms in total. The van der Waals surface area contributed by atoms with Crippen molar-refractivity contribution >= 4 is 15.9 Å². The molecule has 0 aromatic heterocycles. The predicted molar refractivity (Wildman–Crippen MR) is 71.5 cm³/mol. The van der Waals surface area contributed by atoms with Gasteiger partial charge in [0, 0.05) is 4.83 Å². The summed E-state index contributed by atoms with van der Waals surface area (Å²) in [6, 6.07) is 6.52. The third-order valence-electron chi connectivity index (χ3n) is 3.57. The third kappa shape index (κ3) is 2.00. The molecule has 2 rings (SSSR count). The quantitative estimate of drug-likeness (QED) is 0.733. The Morgan fingerprint density at radius 1 is 1.25 bits per heavy atom. The summed E-state index contributed by atoms with van der Waals surface area (Å²) < 4.78 is 5.68. The number of fused-ring (bicyclic) bond motifs is 1. The van der Waals surface area contributed by atoms with Gasteiger partial charge in [0.05, 0.1) is 6.61 Å². The Hall–Kier alpha value is -0.500. The summed E-state index contributed by atoms with van der Waals surface area (Å²) in [5, 5.41) is 0. The van der Waals surface area contributed by atoms with E-state index in [4.69, 9.17) is 4.74 Å². The summed E-state index contributed by atoms with van der Waals surface area (Å²) in [5.41, 5.74) is 2.88. The molecule has 3 atom stereocenters. The van der Waals surface area contributed by atoms with Crippen molar-refractivity contribution in [2.75, 3.05) is 6.61 Å². The number of benzene rings is 1. The first kappa shape index (κ1) is 12.0. The zero-order valence-electron chi connectivity index (χ0n) is 10.2. The van der Waals surface area contributed by atoms with Crippen LogP contribution in [0.15, 0.2) is 18.2 Å². The van der Waals surface area contributed by atoms with E-state index in [9.17, 15) is 0 Å². The fraction of sp³-hybridized carbons (Fsp3) is 0.571. The zero-order chi connectivity index (χ0) is 11.7. The molecule has 0 saturated heterocycles. The number of rotatable bonds is 3. The molecule has 3 unspecified atom stereocenters. The second-order valence-corrected chi connectivity index (χ2v) is 5.68. The first-order valence-corrected chi connectivity index (χ1v) is 6.97. The van der Waals surface area contributed by atoms with Gasteiger partial charge in [-0.25, -0.2) is 0 Å². The summed E-state index contributed by atoms with van der Waals surface area (Å²) in [6.45, 7) is 7.54. The molecule has 1 aromatic carbocycles. The molecule has 0 saturated carbocycles. The minimum atomic E-state index is 0.475. The smallest absolute Gasteiger partial charge is 0.119 e. The van der Waals surface area contributed by atoms with Crippen LogP contribution in [0.5, 0.6) is 5.75 Å². The van der Waals surface area contributed by atoms with Gasteiger partial charge in [-0.05, 0) is 41.5 Å². The molecule has 0 N–H and O–H groups in total. The van der Waals surface area contributed by atoms with Crippen LogP contribution in [-0.4, -0.2) is 6.61 Å². The Morgan fingerprint density at radius 3 is 2.69 bits per heavy atom. The van der Waals surface area contributed by atoms with Crippen LogP contribution in [0, 0.1) is 5.92 Å². The van der Waals surface area contributed by atoms with Gasteiger partial charge in [0.15, 0.2) is 0 Å². The van der Waals surface area contributed by atoms with Crippen LogP contribution < -0.4 is 4.74 Å². The van der Waals surface area contributed by atoms with Crippen LogP contribution in [-0.2, 0) is 0 Å². The van der Waals surface area contributed by atoms with Gasteiger partial charge in [-0.15, -0.1) is 0 Å². The highest BCUT2D eigenvalue weighted by Crippen LogP contribution is 2.50. The normalized spacial score (nSPS) is 27.9. The molecule has 0 aliphatic heterocycles. The fourth-order valence-electron chi connectivity index (χ4n) is 2.34. The third-order valence-corrected chi connectivity index (χ3v) is 4.90. The molecule has 16 heavy (non-hydrogen) atoms. The molecule has 1 aromatic rings. The number of halogens is 1. The monoisotopic (exact) mass is 282 g/mol. The molecule has 2 heteroatoms. The Morgan fingerprint density at radius 2 is 2.00 bits per heavy atom. The van der Waals surface area contributed by atoms with E-state index in [0.717, 1.165) is 18.8 Å². The van der Waals surface area contributed by atoms with E-state index in [1.54, 1.807) is 0 Å². The molecular weight excluding hydrogens is 264 g/mol. The molecule has 0 fully saturated rings. The second kappa shape index (κ2) is 4.79. The van der Waals surface area contributed by atoms with Crippen LogP contribution in [0.4, 0.5) is 0 Å². The van der Waals surface area contributed by atoms with E-state index < -0.39 is 0 Å². The van der Waals surface area contributed by atoms with Crippen LogP contribution in [0.2, 0.25) is 0 Å². The Kier molecular flexibility index (Phi) is 3.58. The average Bonchev–Trinajstić information content (AvgIpc) is 2.52. The minimum Gasteiger partial charge on any atom is -0.494 e. The lowest BCUT2D eigenvalue weighted by Crippen LogP contribution is -1.99. The maximum atomic E-state index is 5.68. The SMILES string of the molecule is CCCOc1ccc2c(c1)C(Br)C(C)C2C. The first-order valence-electron chi connectivity index (χ1n) is 6.05. The van der Waals surface area contributed by atoms with Crippen molar-refractivity contribution in [3.8, 4) is 5.75 Å². The Balaban J connectivity index is 2.26. The largest absolute Gasteiger partial charge is 0.494 e. The minimum absolute atomic E-state index is 0.475. The van der Waals surface area contributed by atoms with Gasteiger partial charge in [0.2, 0.25) is 0 Å². The molecule has 88 valence electrons. The maximum absolute atomic E-state index is 5.68. The van der Waals surface area contributed by atoms with Crippen molar-refractivity contribution in [2.24, 2.45) is 5.92 Å². The molecule has 0 heterocycles. The lowest BCUT2D eigenvalue weighted by molar-refractivity contribution is 0.317. The second-order valence-electron chi connectivity index (χ2n) is 4.69. The predicted octanol–water partition coefficient (Wildman–Crippen LogP) is 4.66. The van der Waals surface area contributed by atoms with E-state index in [1.165, 1.54) is 11.1 Å². The molecule has 1 aliphatic carbocycles. The average molecular weight is 283 g/mol. The lowest BCUT2D eigenvalue weighted by Gasteiger charge is -2.11. The van der Waals surface area contributed by atoms with Gasteiger partial charge in [0.1, 0.15) is 5.75 Å². The van der Waals surface area contributed by atoms with Crippen molar-refractivity contribution in [3.05, 3.63) is 29.3 Å². The van der Waals surface area contributed by atoms with E-state index in [1.807, 2.05) is 0 Å². The first-order chi connectivity index (χ1) is 7.65.